The van der Waals surface area contributed by atoms with Gasteiger partial charge in [-0.05, 0) is 76.6 Å². The van der Waals surface area contributed by atoms with Crippen LogP contribution in [0, 0.1) is 23.7 Å². The Balaban J connectivity index is 1.34. The van der Waals surface area contributed by atoms with Gasteiger partial charge in [0.25, 0.3) is 0 Å². The number of likely N-dealkylation sites (tertiary alicyclic amines) is 1. The molecule has 9 heteroatoms. The number of ether oxygens (including phenoxy) is 3. The maximum absolute atomic E-state index is 12.6. The summed E-state index contributed by atoms with van der Waals surface area (Å²) in [5.74, 6) is 0.707. The molecule has 1 amide bonds. The number of carbonyl (C=O) groups excluding carboxylic acids is 1. The third-order valence-electron chi connectivity index (χ3n) is 8.61. The molecule has 3 fully saturated rings. The van der Waals surface area contributed by atoms with Crippen LogP contribution < -0.4 is 9.64 Å². The first-order valence-electron chi connectivity index (χ1n) is 14.6. The Morgan fingerprint density at radius 3 is 2.68 bits per heavy atom. The van der Waals surface area contributed by atoms with Crippen LogP contribution in [0.2, 0.25) is 0 Å². The first-order chi connectivity index (χ1) is 19.6. The van der Waals surface area contributed by atoms with E-state index in [1.165, 1.54) is 0 Å². The summed E-state index contributed by atoms with van der Waals surface area (Å²) >= 11 is 0. The number of aryl methyl sites for hydroxylation is 1. The molecule has 41 heavy (non-hydrogen) atoms. The number of nitriles is 1. The van der Waals surface area contributed by atoms with Crippen LogP contribution in [0.5, 0.6) is 5.75 Å². The van der Waals surface area contributed by atoms with E-state index in [1.54, 1.807) is 12.0 Å². The molecule has 0 aliphatic carbocycles. The Kier molecular flexibility index (Phi) is 6.85. The fraction of sp³-hybridized carbons (Fsp3) is 0.531. The predicted molar refractivity (Wildman–Crippen MR) is 157 cm³/mol. The molecule has 3 aliphatic rings. The molecular formula is C32H39N5O4. The number of nitrogens with zero attached hydrogens (tertiary/aromatic N) is 5. The van der Waals surface area contributed by atoms with E-state index in [1.807, 2.05) is 43.8 Å². The van der Waals surface area contributed by atoms with Gasteiger partial charge in [-0.15, -0.1) is 0 Å². The Hall–Kier alpha value is -3.77. The number of amides is 1. The number of fused-ring (bicyclic) bond motifs is 1. The van der Waals surface area contributed by atoms with E-state index in [-0.39, 0.29) is 17.7 Å². The van der Waals surface area contributed by atoms with Crippen molar-refractivity contribution in [3.8, 4) is 22.9 Å². The van der Waals surface area contributed by atoms with Gasteiger partial charge in [-0.2, -0.15) is 10.4 Å². The van der Waals surface area contributed by atoms with Gasteiger partial charge in [-0.3, -0.25) is 0 Å². The van der Waals surface area contributed by atoms with Crippen molar-refractivity contribution in [2.75, 3.05) is 44.8 Å². The summed E-state index contributed by atoms with van der Waals surface area (Å²) in [7, 11) is 1.66. The molecule has 9 nitrogen and oxygen atoms in total. The number of hydrogen-bond acceptors (Lipinski definition) is 7. The van der Waals surface area contributed by atoms with Gasteiger partial charge in [0.15, 0.2) is 6.23 Å². The van der Waals surface area contributed by atoms with Gasteiger partial charge in [0.1, 0.15) is 17.4 Å². The summed E-state index contributed by atoms with van der Waals surface area (Å²) < 4.78 is 19.4. The lowest BCUT2D eigenvalue weighted by Gasteiger charge is -2.47. The molecular weight excluding hydrogens is 518 g/mol. The summed E-state index contributed by atoms with van der Waals surface area (Å²) in [5.41, 5.74) is 4.90. The Bertz CT molecular complexity index is 1520. The summed E-state index contributed by atoms with van der Waals surface area (Å²) in [6.45, 7) is 11.4. The van der Waals surface area contributed by atoms with E-state index < -0.39 is 5.60 Å². The molecule has 216 valence electrons. The average molecular weight is 558 g/mol. The lowest BCUT2D eigenvalue weighted by atomic mass is 9.79. The van der Waals surface area contributed by atoms with E-state index in [0.717, 1.165) is 78.7 Å². The maximum atomic E-state index is 12.6. The highest BCUT2D eigenvalue weighted by atomic mass is 16.6. The van der Waals surface area contributed by atoms with Crippen LogP contribution >= 0.6 is 0 Å². The number of carbonyl (C=O) groups is 1. The molecule has 3 saturated heterocycles. The SMILES string of the molecule is COc1cc(-c2c(C)ccc3c2cnn3C2CCCCO2)c(C#N)c(N2CCC3(CN(C(=O)OC(C)(C)C)C3)C2)c1. The Morgan fingerprint density at radius 1 is 1.20 bits per heavy atom. The van der Waals surface area contributed by atoms with Crippen LogP contribution in [-0.4, -0.2) is 66.3 Å². The second kappa shape index (κ2) is 10.3. The van der Waals surface area contributed by atoms with Crippen molar-refractivity contribution in [1.29, 1.82) is 5.26 Å². The molecule has 0 radical (unpaired) electrons. The minimum absolute atomic E-state index is 0.00390. The van der Waals surface area contributed by atoms with Crippen molar-refractivity contribution in [1.82, 2.24) is 14.7 Å². The zero-order chi connectivity index (χ0) is 28.9. The highest BCUT2D eigenvalue weighted by Crippen LogP contribution is 2.46. The molecule has 1 aromatic heterocycles. The summed E-state index contributed by atoms with van der Waals surface area (Å²) in [5, 5.41) is 16.3. The summed E-state index contributed by atoms with van der Waals surface area (Å²) in [6, 6.07) is 10.7. The Morgan fingerprint density at radius 2 is 2.00 bits per heavy atom. The highest BCUT2D eigenvalue weighted by molar-refractivity contribution is 5.99. The van der Waals surface area contributed by atoms with Crippen LogP contribution in [0.1, 0.15) is 63.8 Å². The van der Waals surface area contributed by atoms with Crippen molar-refractivity contribution < 1.29 is 19.0 Å². The van der Waals surface area contributed by atoms with E-state index in [2.05, 4.69) is 30.0 Å². The number of aromatic nitrogens is 2. The van der Waals surface area contributed by atoms with Crippen LogP contribution in [0.25, 0.3) is 22.0 Å². The topological polar surface area (TPSA) is 92.9 Å². The van der Waals surface area contributed by atoms with Gasteiger partial charge in [0.2, 0.25) is 0 Å². The number of hydrogen-bond donors (Lipinski definition) is 0. The van der Waals surface area contributed by atoms with Crippen molar-refractivity contribution in [2.24, 2.45) is 5.41 Å². The molecule has 1 atom stereocenters. The molecule has 4 heterocycles. The van der Waals surface area contributed by atoms with Crippen molar-refractivity contribution in [2.45, 2.75) is 65.2 Å². The first kappa shape index (κ1) is 27.4. The normalized spacial score (nSPS) is 20.2. The van der Waals surface area contributed by atoms with Gasteiger partial charge >= 0.3 is 6.09 Å². The minimum Gasteiger partial charge on any atom is -0.497 e. The molecule has 1 spiro atoms. The number of methoxy groups -OCH3 is 1. The minimum atomic E-state index is -0.513. The van der Waals surface area contributed by atoms with Gasteiger partial charge in [-0.1, -0.05) is 6.07 Å². The largest absolute Gasteiger partial charge is 0.497 e. The van der Waals surface area contributed by atoms with Crippen LogP contribution in [-0.2, 0) is 9.47 Å². The summed E-state index contributed by atoms with van der Waals surface area (Å²) in [6.07, 6.45) is 5.66. The van der Waals surface area contributed by atoms with Crippen molar-refractivity contribution >= 4 is 22.7 Å². The summed E-state index contributed by atoms with van der Waals surface area (Å²) in [4.78, 5) is 16.6. The molecule has 3 aromatic rings. The van der Waals surface area contributed by atoms with Gasteiger partial charge in [0, 0.05) is 55.2 Å². The van der Waals surface area contributed by atoms with Gasteiger partial charge < -0.3 is 24.0 Å². The van der Waals surface area contributed by atoms with Gasteiger partial charge in [0.05, 0.1) is 30.1 Å². The molecule has 0 bridgehead atoms. The van der Waals surface area contributed by atoms with Crippen molar-refractivity contribution in [3.05, 3.63) is 41.6 Å². The van der Waals surface area contributed by atoms with E-state index in [4.69, 9.17) is 19.3 Å². The molecule has 6 rings (SSSR count). The van der Waals surface area contributed by atoms with E-state index in [9.17, 15) is 10.1 Å². The zero-order valence-electron chi connectivity index (χ0n) is 24.7. The molecule has 2 aromatic carbocycles. The average Bonchev–Trinajstić information content (AvgIpc) is 3.56. The van der Waals surface area contributed by atoms with E-state index >= 15 is 0 Å². The molecule has 0 N–H and O–H groups in total. The molecule has 0 saturated carbocycles. The van der Waals surface area contributed by atoms with Crippen molar-refractivity contribution in [3.63, 3.8) is 0 Å². The van der Waals surface area contributed by atoms with Crippen LogP contribution in [0.15, 0.2) is 30.5 Å². The number of rotatable bonds is 4. The third-order valence-corrected chi connectivity index (χ3v) is 8.61. The zero-order valence-corrected chi connectivity index (χ0v) is 24.7. The smallest absolute Gasteiger partial charge is 0.410 e. The monoisotopic (exact) mass is 557 g/mol. The fourth-order valence-corrected chi connectivity index (χ4v) is 6.63. The molecule has 1 unspecified atom stereocenters. The molecule has 3 aliphatic heterocycles. The standard InChI is InChI=1S/C32H39N5O4/c1-21-9-10-26-25(17-34-37(26)28-8-6-7-13-40-28)29(21)23-14-22(39-5)15-27(24(23)16-33)35-12-11-32(18-35)19-36(20-32)30(38)41-31(2,3)4/h9-10,14-15,17,28H,6-8,11-13,18-20H2,1-5H3. The third kappa shape index (κ3) is 4.99. The second-order valence-corrected chi connectivity index (χ2v) is 12.8. The lowest BCUT2D eigenvalue weighted by molar-refractivity contribution is -0.0366. The quantitative estimate of drug-likeness (QED) is 0.386. The first-order valence-corrected chi connectivity index (χ1v) is 14.6. The predicted octanol–water partition coefficient (Wildman–Crippen LogP) is 6.04. The second-order valence-electron chi connectivity index (χ2n) is 12.8. The van der Waals surface area contributed by atoms with Gasteiger partial charge in [-0.25, -0.2) is 9.48 Å². The Labute approximate surface area is 241 Å². The number of benzene rings is 2. The van der Waals surface area contributed by atoms with E-state index in [0.29, 0.717) is 24.4 Å². The maximum Gasteiger partial charge on any atom is 0.410 e. The van der Waals surface area contributed by atoms with Crippen LogP contribution in [0.4, 0.5) is 10.5 Å². The highest BCUT2D eigenvalue weighted by Gasteiger charge is 2.50. The van der Waals surface area contributed by atoms with Crippen LogP contribution in [0.3, 0.4) is 0 Å². The fourth-order valence-electron chi connectivity index (χ4n) is 6.63. The lowest BCUT2D eigenvalue weighted by Crippen LogP contribution is -2.60. The number of anilines is 1.